The van der Waals surface area contributed by atoms with Crippen LogP contribution in [0.25, 0.3) is 0 Å². The molecule has 0 saturated carbocycles. The molecule has 1 saturated heterocycles. The van der Waals surface area contributed by atoms with Gasteiger partial charge in [-0.3, -0.25) is 10.1 Å². The third kappa shape index (κ3) is 3.68. The lowest BCUT2D eigenvalue weighted by Crippen LogP contribution is -2.48. The molecule has 1 rings (SSSR count). The highest BCUT2D eigenvalue weighted by Gasteiger charge is 2.26. The van der Waals surface area contributed by atoms with Gasteiger partial charge in [-0.25, -0.2) is 4.79 Å². The predicted molar refractivity (Wildman–Crippen MR) is 55.8 cm³/mol. The molecule has 6 heteroatoms. The SMILES string of the molecule is CC(Cl)C(=O)NC(=O)NC1CCOC1C. The van der Waals surface area contributed by atoms with Crippen LogP contribution < -0.4 is 10.6 Å². The number of rotatable bonds is 2. The Balaban J connectivity index is 2.32. The average molecular weight is 235 g/mol. The van der Waals surface area contributed by atoms with Crippen LogP contribution in [0.5, 0.6) is 0 Å². The molecule has 1 heterocycles. The van der Waals surface area contributed by atoms with E-state index in [-0.39, 0.29) is 12.1 Å². The monoisotopic (exact) mass is 234 g/mol. The van der Waals surface area contributed by atoms with Crippen molar-refractivity contribution in [3.05, 3.63) is 0 Å². The van der Waals surface area contributed by atoms with E-state index in [4.69, 9.17) is 16.3 Å². The van der Waals surface area contributed by atoms with Gasteiger partial charge in [-0.05, 0) is 20.3 Å². The largest absolute Gasteiger partial charge is 0.376 e. The van der Waals surface area contributed by atoms with E-state index in [1.54, 1.807) is 0 Å². The van der Waals surface area contributed by atoms with Crippen molar-refractivity contribution in [2.75, 3.05) is 6.61 Å². The summed E-state index contributed by atoms with van der Waals surface area (Å²) < 4.78 is 5.27. The van der Waals surface area contributed by atoms with Crippen molar-refractivity contribution in [1.82, 2.24) is 10.6 Å². The first kappa shape index (κ1) is 12.3. The minimum Gasteiger partial charge on any atom is -0.376 e. The summed E-state index contributed by atoms with van der Waals surface area (Å²) in [7, 11) is 0. The maximum Gasteiger partial charge on any atom is 0.321 e. The van der Waals surface area contributed by atoms with E-state index < -0.39 is 17.3 Å². The Bertz CT molecular complexity index is 258. The van der Waals surface area contributed by atoms with Crippen LogP contribution in [0.15, 0.2) is 0 Å². The first-order valence-electron chi connectivity index (χ1n) is 4.87. The van der Waals surface area contributed by atoms with Crippen LogP contribution in [-0.2, 0) is 9.53 Å². The zero-order chi connectivity index (χ0) is 11.4. The molecule has 0 aliphatic carbocycles. The van der Waals surface area contributed by atoms with E-state index in [2.05, 4.69) is 10.6 Å². The Labute approximate surface area is 93.5 Å². The number of hydrogen-bond acceptors (Lipinski definition) is 3. The number of carbonyl (C=O) groups is 2. The Hall–Kier alpha value is -0.810. The van der Waals surface area contributed by atoms with Gasteiger partial charge in [0, 0.05) is 6.61 Å². The van der Waals surface area contributed by atoms with Gasteiger partial charge in [0.2, 0.25) is 5.91 Å². The minimum absolute atomic E-state index is 0.0146. The summed E-state index contributed by atoms with van der Waals surface area (Å²) in [6.07, 6.45) is 0.749. The molecule has 15 heavy (non-hydrogen) atoms. The number of ether oxygens (including phenoxy) is 1. The van der Waals surface area contributed by atoms with Crippen molar-refractivity contribution in [3.8, 4) is 0 Å². The van der Waals surface area contributed by atoms with Gasteiger partial charge >= 0.3 is 6.03 Å². The highest BCUT2D eigenvalue weighted by Crippen LogP contribution is 2.12. The van der Waals surface area contributed by atoms with E-state index in [1.807, 2.05) is 6.92 Å². The van der Waals surface area contributed by atoms with Crippen molar-refractivity contribution < 1.29 is 14.3 Å². The van der Waals surface area contributed by atoms with Crippen LogP contribution in [0, 0.1) is 0 Å². The normalized spacial score (nSPS) is 27.1. The topological polar surface area (TPSA) is 67.4 Å². The van der Waals surface area contributed by atoms with Crippen LogP contribution in [0.3, 0.4) is 0 Å². The molecular formula is C9H15ClN2O3. The molecule has 5 nitrogen and oxygen atoms in total. The van der Waals surface area contributed by atoms with Gasteiger partial charge in [-0.15, -0.1) is 11.6 Å². The summed E-state index contributed by atoms with van der Waals surface area (Å²) in [5.74, 6) is -0.499. The molecule has 86 valence electrons. The standard InChI is InChI=1S/C9H15ClN2O3/c1-5(10)8(13)12-9(14)11-7-3-4-15-6(7)2/h5-7H,3-4H2,1-2H3,(H2,11,12,13,14). The van der Waals surface area contributed by atoms with E-state index in [0.29, 0.717) is 6.61 Å². The summed E-state index contributed by atoms with van der Waals surface area (Å²) in [5.41, 5.74) is 0. The molecule has 3 atom stereocenters. The lowest BCUT2D eigenvalue weighted by molar-refractivity contribution is -0.119. The molecule has 1 fully saturated rings. The second-order valence-electron chi connectivity index (χ2n) is 3.55. The van der Waals surface area contributed by atoms with E-state index in [1.165, 1.54) is 6.92 Å². The summed E-state index contributed by atoms with van der Waals surface area (Å²) in [5, 5.41) is 4.10. The van der Waals surface area contributed by atoms with Crippen LogP contribution >= 0.6 is 11.6 Å². The van der Waals surface area contributed by atoms with Crippen LogP contribution in [0.4, 0.5) is 4.79 Å². The van der Waals surface area contributed by atoms with Gasteiger partial charge in [-0.2, -0.15) is 0 Å². The van der Waals surface area contributed by atoms with Crippen molar-refractivity contribution in [2.24, 2.45) is 0 Å². The lowest BCUT2D eigenvalue weighted by Gasteiger charge is -2.16. The van der Waals surface area contributed by atoms with Gasteiger partial charge in [-0.1, -0.05) is 0 Å². The fourth-order valence-corrected chi connectivity index (χ4v) is 1.39. The van der Waals surface area contributed by atoms with Gasteiger partial charge in [0.25, 0.3) is 0 Å². The highest BCUT2D eigenvalue weighted by molar-refractivity contribution is 6.31. The smallest absolute Gasteiger partial charge is 0.321 e. The molecular weight excluding hydrogens is 220 g/mol. The maximum absolute atomic E-state index is 11.3. The number of imide groups is 1. The number of amides is 3. The Morgan fingerprint density at radius 2 is 2.20 bits per heavy atom. The predicted octanol–water partition coefficient (Wildman–Crippen LogP) is 0.617. The summed E-state index contributed by atoms with van der Waals surface area (Å²) in [6.45, 7) is 4.02. The molecule has 2 N–H and O–H groups in total. The van der Waals surface area contributed by atoms with Crippen molar-refractivity contribution in [3.63, 3.8) is 0 Å². The quantitative estimate of drug-likeness (QED) is 0.689. The number of urea groups is 1. The van der Waals surface area contributed by atoms with Crippen LogP contribution in [0.2, 0.25) is 0 Å². The Kier molecular flexibility index (Phi) is 4.35. The zero-order valence-corrected chi connectivity index (χ0v) is 9.50. The fraction of sp³-hybridized carbons (Fsp3) is 0.778. The third-order valence-corrected chi connectivity index (χ3v) is 2.49. The number of carbonyl (C=O) groups excluding carboxylic acids is 2. The number of alkyl halides is 1. The molecule has 0 radical (unpaired) electrons. The van der Waals surface area contributed by atoms with E-state index >= 15 is 0 Å². The molecule has 1 aliphatic rings. The van der Waals surface area contributed by atoms with Crippen molar-refractivity contribution >= 4 is 23.5 Å². The van der Waals surface area contributed by atoms with Gasteiger partial charge in [0.15, 0.2) is 0 Å². The van der Waals surface area contributed by atoms with E-state index in [0.717, 1.165) is 6.42 Å². The minimum atomic E-state index is -0.715. The zero-order valence-electron chi connectivity index (χ0n) is 8.75. The molecule has 0 spiro atoms. The average Bonchev–Trinajstić information content (AvgIpc) is 2.51. The van der Waals surface area contributed by atoms with Gasteiger partial charge in [0.1, 0.15) is 5.38 Å². The highest BCUT2D eigenvalue weighted by atomic mass is 35.5. The molecule has 0 bridgehead atoms. The molecule has 0 aromatic heterocycles. The number of nitrogens with one attached hydrogen (secondary N) is 2. The maximum atomic E-state index is 11.3. The van der Waals surface area contributed by atoms with E-state index in [9.17, 15) is 9.59 Å². The van der Waals surface area contributed by atoms with Gasteiger partial charge < -0.3 is 10.1 Å². The first-order valence-corrected chi connectivity index (χ1v) is 5.31. The fourth-order valence-electron chi connectivity index (χ4n) is 1.34. The summed E-state index contributed by atoms with van der Waals surface area (Å²) in [6, 6.07) is -0.557. The van der Waals surface area contributed by atoms with Crippen LogP contribution in [-0.4, -0.2) is 36.1 Å². The molecule has 3 amide bonds. The Morgan fingerprint density at radius 3 is 2.67 bits per heavy atom. The second kappa shape index (κ2) is 5.32. The van der Waals surface area contributed by atoms with Crippen molar-refractivity contribution in [1.29, 1.82) is 0 Å². The first-order chi connectivity index (χ1) is 7.00. The summed E-state index contributed by atoms with van der Waals surface area (Å²) >= 11 is 5.50. The Morgan fingerprint density at radius 1 is 1.53 bits per heavy atom. The molecule has 0 aromatic rings. The third-order valence-electron chi connectivity index (χ3n) is 2.29. The van der Waals surface area contributed by atoms with Crippen molar-refractivity contribution in [2.45, 2.75) is 37.8 Å². The lowest BCUT2D eigenvalue weighted by atomic mass is 10.2. The number of hydrogen-bond donors (Lipinski definition) is 2. The summed E-state index contributed by atoms with van der Waals surface area (Å²) in [4.78, 5) is 22.4. The van der Waals surface area contributed by atoms with Gasteiger partial charge in [0.05, 0.1) is 12.1 Å². The molecule has 0 aromatic carbocycles. The second-order valence-corrected chi connectivity index (χ2v) is 4.20. The molecule has 1 aliphatic heterocycles. The molecule has 3 unspecified atom stereocenters. The van der Waals surface area contributed by atoms with Crippen LogP contribution in [0.1, 0.15) is 20.3 Å². The number of halogens is 1.